The van der Waals surface area contributed by atoms with Gasteiger partial charge in [-0.1, -0.05) is 12.1 Å². The topological polar surface area (TPSA) is 88.2 Å². The lowest BCUT2D eigenvalue weighted by Gasteiger charge is -2.13. The van der Waals surface area contributed by atoms with E-state index >= 15 is 0 Å². The van der Waals surface area contributed by atoms with E-state index in [-0.39, 0.29) is 5.91 Å². The average Bonchev–Trinajstić information content (AvgIpc) is 3.44. The number of benzene rings is 1. The molecular formula is C26H29N5O2S2. The molecule has 5 rings (SSSR count). The number of anilines is 1. The number of hydrogen-bond donors (Lipinski definition) is 3. The van der Waals surface area contributed by atoms with Crippen LogP contribution < -0.4 is 16.0 Å². The van der Waals surface area contributed by atoms with Gasteiger partial charge in [0.1, 0.15) is 10.0 Å². The number of nitrogens with zero attached hydrogens (tertiary/aromatic N) is 2. The summed E-state index contributed by atoms with van der Waals surface area (Å²) in [6.45, 7) is 5.79. The molecule has 3 N–H and O–H groups in total. The minimum absolute atomic E-state index is 0.0122. The van der Waals surface area contributed by atoms with Crippen LogP contribution in [0, 0.1) is 6.92 Å². The maximum absolute atomic E-state index is 12.7. The summed E-state index contributed by atoms with van der Waals surface area (Å²) in [5.74, 6) is 0.0122. The van der Waals surface area contributed by atoms with E-state index in [2.05, 4.69) is 45.2 Å². The van der Waals surface area contributed by atoms with Gasteiger partial charge in [-0.25, -0.2) is 4.98 Å². The third-order valence-electron chi connectivity index (χ3n) is 6.11. The van der Waals surface area contributed by atoms with Crippen molar-refractivity contribution in [1.82, 2.24) is 20.6 Å². The highest BCUT2D eigenvalue weighted by molar-refractivity contribution is 7.23. The maximum Gasteiger partial charge on any atom is 0.226 e. The Bertz CT molecular complexity index is 1350. The average molecular weight is 508 g/mol. The first-order chi connectivity index (χ1) is 17.1. The molecule has 182 valence electrons. The van der Waals surface area contributed by atoms with Gasteiger partial charge in [-0.3, -0.25) is 9.78 Å². The van der Waals surface area contributed by atoms with Crippen LogP contribution in [0.3, 0.4) is 0 Å². The Balaban J connectivity index is 1.44. The molecule has 0 saturated carbocycles. The first-order valence-electron chi connectivity index (χ1n) is 11.8. The number of aryl methyl sites for hydroxylation is 1. The molecule has 4 aromatic rings. The van der Waals surface area contributed by atoms with Gasteiger partial charge in [0.2, 0.25) is 5.91 Å². The van der Waals surface area contributed by atoms with Crippen LogP contribution in [-0.2, 0) is 22.5 Å². The zero-order valence-corrected chi connectivity index (χ0v) is 21.6. The first kappa shape index (κ1) is 24.0. The Kier molecular flexibility index (Phi) is 7.50. The molecule has 9 heteroatoms. The smallest absolute Gasteiger partial charge is 0.226 e. The van der Waals surface area contributed by atoms with E-state index in [0.717, 1.165) is 68.7 Å². The highest BCUT2D eigenvalue weighted by Crippen LogP contribution is 2.45. The van der Waals surface area contributed by atoms with Crippen LogP contribution in [0.5, 0.6) is 0 Å². The molecule has 1 aliphatic heterocycles. The lowest BCUT2D eigenvalue weighted by atomic mass is 10.0. The Morgan fingerprint density at radius 1 is 1.23 bits per heavy atom. The summed E-state index contributed by atoms with van der Waals surface area (Å²) in [4.78, 5) is 23.4. The summed E-state index contributed by atoms with van der Waals surface area (Å²) in [6, 6.07) is 10.5. The summed E-state index contributed by atoms with van der Waals surface area (Å²) < 4.78 is 6.18. The summed E-state index contributed by atoms with van der Waals surface area (Å²) in [5, 5.41) is 11.7. The van der Waals surface area contributed by atoms with E-state index in [0.29, 0.717) is 19.6 Å². The summed E-state index contributed by atoms with van der Waals surface area (Å²) in [7, 11) is 1.67. The Hall–Kier alpha value is -2.69. The second-order valence-electron chi connectivity index (χ2n) is 8.51. The molecule has 35 heavy (non-hydrogen) atoms. The zero-order valence-electron chi connectivity index (χ0n) is 19.9. The van der Waals surface area contributed by atoms with Crippen molar-refractivity contribution in [2.45, 2.75) is 26.3 Å². The Morgan fingerprint density at radius 2 is 2.14 bits per heavy atom. The Morgan fingerprint density at radius 3 is 3.00 bits per heavy atom. The van der Waals surface area contributed by atoms with E-state index in [1.54, 1.807) is 29.8 Å². The third-order valence-corrected chi connectivity index (χ3v) is 8.30. The number of nitrogens with one attached hydrogen (secondary N) is 3. The van der Waals surface area contributed by atoms with Crippen molar-refractivity contribution in [3.8, 4) is 21.7 Å². The molecule has 4 heterocycles. The number of rotatable bonds is 9. The van der Waals surface area contributed by atoms with Crippen molar-refractivity contribution < 1.29 is 9.53 Å². The Labute approximate surface area is 213 Å². The number of amides is 1. The lowest BCUT2D eigenvalue weighted by molar-refractivity contribution is -0.116. The molecule has 1 amide bonds. The molecule has 0 unspecified atom stereocenters. The van der Waals surface area contributed by atoms with Crippen molar-refractivity contribution >= 4 is 43.8 Å². The van der Waals surface area contributed by atoms with Gasteiger partial charge < -0.3 is 20.7 Å². The van der Waals surface area contributed by atoms with Crippen LogP contribution >= 0.6 is 22.7 Å². The maximum atomic E-state index is 12.7. The molecule has 0 fully saturated rings. The van der Waals surface area contributed by atoms with Gasteiger partial charge in [-0.15, -0.1) is 22.7 Å². The SMILES string of the molecule is COCCNCCC(=O)Nc1sc2c(c1-c1nc3ccc(-c4cccnc4C)cc3s1)CCNC2. The molecule has 0 atom stereocenters. The molecule has 0 bridgehead atoms. The number of hydrogen-bond acceptors (Lipinski definition) is 8. The minimum atomic E-state index is 0.0122. The van der Waals surface area contributed by atoms with Crippen molar-refractivity contribution in [1.29, 1.82) is 0 Å². The quantitative estimate of drug-likeness (QED) is 0.287. The monoisotopic (exact) mass is 507 g/mol. The number of thiazole rings is 1. The predicted molar refractivity (Wildman–Crippen MR) is 144 cm³/mol. The van der Waals surface area contributed by atoms with Crippen LogP contribution in [0.25, 0.3) is 31.9 Å². The largest absolute Gasteiger partial charge is 0.383 e. The van der Waals surface area contributed by atoms with Gasteiger partial charge in [0, 0.05) is 61.1 Å². The number of methoxy groups -OCH3 is 1. The predicted octanol–water partition coefficient (Wildman–Crippen LogP) is 4.61. The van der Waals surface area contributed by atoms with Crippen molar-refractivity contribution in [3.05, 3.63) is 52.7 Å². The van der Waals surface area contributed by atoms with Gasteiger partial charge >= 0.3 is 0 Å². The molecule has 7 nitrogen and oxygen atoms in total. The second kappa shape index (κ2) is 10.9. The van der Waals surface area contributed by atoms with Gasteiger partial charge in [0.15, 0.2) is 0 Å². The normalized spacial score (nSPS) is 13.2. The van der Waals surface area contributed by atoms with Gasteiger partial charge in [0.05, 0.1) is 16.8 Å². The fraction of sp³-hybridized carbons (Fsp3) is 0.346. The molecule has 0 radical (unpaired) electrons. The molecule has 1 aliphatic rings. The minimum Gasteiger partial charge on any atom is -0.383 e. The number of carbonyl (C=O) groups is 1. The highest BCUT2D eigenvalue weighted by Gasteiger charge is 2.25. The number of fused-ring (bicyclic) bond motifs is 2. The standard InChI is InChI=1S/C26H29N5O2S2/c1-16-18(4-3-9-29-16)17-5-6-20-21(14-17)34-25(30-20)24-19-7-10-28-15-22(19)35-26(24)31-23(32)8-11-27-12-13-33-2/h3-6,9,14,27-28H,7-8,10-13,15H2,1-2H3,(H,31,32). The number of carbonyl (C=O) groups excluding carboxylic acids is 1. The molecule has 3 aromatic heterocycles. The van der Waals surface area contributed by atoms with Crippen LogP contribution in [0.2, 0.25) is 0 Å². The molecule has 0 saturated heterocycles. The van der Waals surface area contributed by atoms with Crippen molar-refractivity contribution in [2.24, 2.45) is 0 Å². The van der Waals surface area contributed by atoms with Gasteiger partial charge in [-0.05, 0) is 49.2 Å². The third kappa shape index (κ3) is 5.29. The summed E-state index contributed by atoms with van der Waals surface area (Å²) in [6.07, 6.45) is 3.17. The number of aromatic nitrogens is 2. The highest BCUT2D eigenvalue weighted by atomic mass is 32.1. The van der Waals surface area contributed by atoms with Crippen LogP contribution in [0.4, 0.5) is 5.00 Å². The van der Waals surface area contributed by atoms with Crippen LogP contribution in [0.1, 0.15) is 22.6 Å². The fourth-order valence-electron chi connectivity index (χ4n) is 4.33. The van der Waals surface area contributed by atoms with Gasteiger partial charge in [0.25, 0.3) is 0 Å². The fourth-order valence-corrected chi connectivity index (χ4v) is 6.71. The van der Waals surface area contributed by atoms with E-state index in [9.17, 15) is 4.79 Å². The van der Waals surface area contributed by atoms with Crippen molar-refractivity contribution in [2.75, 3.05) is 38.7 Å². The molecule has 1 aromatic carbocycles. The van der Waals surface area contributed by atoms with E-state index in [4.69, 9.17) is 9.72 Å². The van der Waals surface area contributed by atoms with Crippen LogP contribution in [0.15, 0.2) is 36.5 Å². The molecule has 0 spiro atoms. The number of ether oxygens (including phenoxy) is 1. The number of pyridine rings is 1. The number of thiophene rings is 1. The molecular weight excluding hydrogens is 478 g/mol. The van der Waals surface area contributed by atoms with Crippen molar-refractivity contribution in [3.63, 3.8) is 0 Å². The van der Waals surface area contributed by atoms with E-state index < -0.39 is 0 Å². The lowest BCUT2D eigenvalue weighted by Crippen LogP contribution is -2.24. The summed E-state index contributed by atoms with van der Waals surface area (Å²) in [5.41, 5.74) is 6.67. The van der Waals surface area contributed by atoms with E-state index in [1.807, 2.05) is 19.2 Å². The van der Waals surface area contributed by atoms with Gasteiger partial charge in [-0.2, -0.15) is 0 Å². The first-order valence-corrected chi connectivity index (χ1v) is 13.4. The molecule has 0 aliphatic carbocycles. The zero-order chi connectivity index (χ0) is 24.2. The second-order valence-corrected chi connectivity index (χ2v) is 10.6. The van der Waals surface area contributed by atoms with E-state index in [1.165, 1.54) is 10.4 Å². The van der Waals surface area contributed by atoms with Crippen LogP contribution in [-0.4, -0.2) is 49.2 Å². The summed E-state index contributed by atoms with van der Waals surface area (Å²) >= 11 is 3.36.